The molecule has 6 nitrogen and oxygen atoms in total. The maximum absolute atomic E-state index is 6.10. The van der Waals surface area contributed by atoms with Crippen molar-refractivity contribution < 1.29 is 28.4 Å². The molecule has 3 aliphatic heterocycles. The van der Waals surface area contributed by atoms with Gasteiger partial charge in [-0.05, 0) is 15.9 Å². The molecular weight excluding hydrogens is 404 g/mol. The lowest BCUT2D eigenvalue weighted by atomic mass is 10.1. The van der Waals surface area contributed by atoms with Gasteiger partial charge in [0.2, 0.25) is 0 Å². The predicted molar refractivity (Wildman–Crippen MR) is 97.4 cm³/mol. The van der Waals surface area contributed by atoms with Gasteiger partial charge in [0.25, 0.3) is 0 Å². The largest absolute Gasteiger partial charge is 0.489 e. The predicted octanol–water partition coefficient (Wildman–Crippen LogP) is 2.94. The number of hydrogen-bond donors (Lipinski definition) is 0. The molecule has 0 N–H and O–H groups in total. The second-order valence-corrected chi connectivity index (χ2v) is 7.44. The van der Waals surface area contributed by atoms with Crippen LogP contribution >= 0.6 is 15.9 Å². The zero-order chi connectivity index (χ0) is 17.5. The van der Waals surface area contributed by atoms with Crippen molar-refractivity contribution in [2.24, 2.45) is 0 Å². The van der Waals surface area contributed by atoms with Crippen molar-refractivity contribution in [3.05, 3.63) is 28.7 Å². The molecule has 3 fully saturated rings. The van der Waals surface area contributed by atoms with Crippen molar-refractivity contribution in [2.45, 2.75) is 18.3 Å². The van der Waals surface area contributed by atoms with Crippen LogP contribution in [-0.4, -0.2) is 58.0 Å². The van der Waals surface area contributed by atoms with E-state index in [1.807, 2.05) is 24.3 Å². The van der Waals surface area contributed by atoms with E-state index in [0.29, 0.717) is 31.3 Å². The zero-order valence-corrected chi connectivity index (χ0v) is 15.7. The second-order valence-electron chi connectivity index (χ2n) is 6.65. The number of benzene rings is 2. The van der Waals surface area contributed by atoms with Gasteiger partial charge in [0.1, 0.15) is 48.4 Å². The number of rotatable bonds is 9. The highest BCUT2D eigenvalue weighted by Crippen LogP contribution is 2.49. The number of hydrogen-bond acceptors (Lipinski definition) is 6. The molecule has 0 aliphatic carbocycles. The fraction of sp³-hybridized carbons (Fsp3) is 0.474. The molecule has 3 unspecified atom stereocenters. The lowest BCUT2D eigenvalue weighted by Gasteiger charge is -2.20. The molecule has 7 heteroatoms. The summed E-state index contributed by atoms with van der Waals surface area (Å²) in [5.74, 6) is 2.10. The summed E-state index contributed by atoms with van der Waals surface area (Å²) < 4.78 is 34.8. The van der Waals surface area contributed by atoms with Gasteiger partial charge in [-0.3, -0.25) is 0 Å². The molecule has 5 rings (SSSR count). The third kappa shape index (κ3) is 3.62. The molecule has 0 bridgehead atoms. The first kappa shape index (κ1) is 16.6. The van der Waals surface area contributed by atoms with Crippen LogP contribution in [0.3, 0.4) is 0 Å². The maximum Gasteiger partial charge on any atom is 0.179 e. The minimum Gasteiger partial charge on any atom is -0.489 e. The number of ether oxygens (including phenoxy) is 6. The minimum atomic E-state index is 0.150. The number of halogens is 1. The van der Waals surface area contributed by atoms with E-state index in [1.165, 1.54) is 0 Å². The zero-order valence-electron chi connectivity index (χ0n) is 14.1. The lowest BCUT2D eigenvalue weighted by Crippen LogP contribution is -2.11. The Kier molecular flexibility index (Phi) is 4.40. The standard InChI is InChI=1S/C19H19BrO6/c20-16-17(24-8-11-5-21-11)14-3-1-2-4-15(14)18(25-9-12-6-22-12)19(16)26-10-13-7-23-13/h1-4,11-13H,5-10H2. The van der Waals surface area contributed by atoms with Crippen LogP contribution in [0.4, 0.5) is 0 Å². The van der Waals surface area contributed by atoms with Crippen molar-refractivity contribution in [3.63, 3.8) is 0 Å². The average molecular weight is 423 g/mol. The molecule has 26 heavy (non-hydrogen) atoms. The van der Waals surface area contributed by atoms with Crippen LogP contribution < -0.4 is 14.2 Å². The van der Waals surface area contributed by atoms with Crippen molar-refractivity contribution >= 4 is 26.7 Å². The Morgan fingerprint density at radius 1 is 0.731 bits per heavy atom. The summed E-state index contributed by atoms with van der Waals surface area (Å²) in [6.45, 7) is 3.74. The summed E-state index contributed by atoms with van der Waals surface area (Å²) in [7, 11) is 0. The third-order valence-electron chi connectivity index (χ3n) is 4.47. The van der Waals surface area contributed by atoms with E-state index < -0.39 is 0 Å². The van der Waals surface area contributed by atoms with Gasteiger partial charge in [0.15, 0.2) is 11.5 Å². The van der Waals surface area contributed by atoms with Gasteiger partial charge < -0.3 is 28.4 Å². The van der Waals surface area contributed by atoms with E-state index in [0.717, 1.165) is 40.8 Å². The summed E-state index contributed by atoms with van der Waals surface area (Å²) in [5, 5.41) is 1.93. The van der Waals surface area contributed by atoms with E-state index in [2.05, 4.69) is 15.9 Å². The third-order valence-corrected chi connectivity index (χ3v) is 5.19. The Labute approximate surface area is 159 Å². The summed E-state index contributed by atoms with van der Waals surface area (Å²) in [5.41, 5.74) is 0. The molecule has 0 aromatic heterocycles. The molecule has 3 saturated heterocycles. The van der Waals surface area contributed by atoms with Crippen molar-refractivity contribution in [3.8, 4) is 17.2 Å². The Balaban J connectivity index is 1.54. The average Bonchev–Trinajstić information content (AvgIpc) is 3.51. The van der Waals surface area contributed by atoms with E-state index in [1.54, 1.807) is 0 Å². The Morgan fingerprint density at radius 3 is 1.65 bits per heavy atom. The highest BCUT2D eigenvalue weighted by atomic mass is 79.9. The SMILES string of the molecule is Brc1c(OCC2CO2)c(OCC2CO2)c2ccccc2c1OCC1CO1. The van der Waals surface area contributed by atoms with E-state index in [9.17, 15) is 0 Å². The van der Waals surface area contributed by atoms with Gasteiger partial charge in [-0.1, -0.05) is 24.3 Å². The molecule has 3 atom stereocenters. The smallest absolute Gasteiger partial charge is 0.179 e. The molecule has 0 saturated carbocycles. The summed E-state index contributed by atoms with van der Waals surface area (Å²) >= 11 is 3.67. The second kappa shape index (κ2) is 6.88. The van der Waals surface area contributed by atoms with Crippen LogP contribution in [0.2, 0.25) is 0 Å². The van der Waals surface area contributed by atoms with Crippen LogP contribution in [-0.2, 0) is 14.2 Å². The van der Waals surface area contributed by atoms with Crippen molar-refractivity contribution in [1.82, 2.24) is 0 Å². The Morgan fingerprint density at radius 2 is 1.15 bits per heavy atom. The van der Waals surface area contributed by atoms with E-state index in [-0.39, 0.29) is 18.3 Å². The summed E-state index contributed by atoms with van der Waals surface area (Å²) in [6.07, 6.45) is 0.486. The van der Waals surface area contributed by atoms with Gasteiger partial charge in [-0.2, -0.15) is 0 Å². The van der Waals surface area contributed by atoms with Gasteiger partial charge in [0, 0.05) is 10.8 Å². The van der Waals surface area contributed by atoms with Crippen LogP contribution in [0.25, 0.3) is 10.8 Å². The van der Waals surface area contributed by atoms with E-state index in [4.69, 9.17) is 28.4 Å². The molecule has 2 aromatic carbocycles. The summed E-state index contributed by atoms with van der Waals surface area (Å²) in [6, 6.07) is 8.02. The first-order valence-electron chi connectivity index (χ1n) is 8.77. The summed E-state index contributed by atoms with van der Waals surface area (Å²) in [4.78, 5) is 0. The minimum absolute atomic E-state index is 0.150. The van der Waals surface area contributed by atoms with Crippen LogP contribution in [0.1, 0.15) is 0 Å². The van der Waals surface area contributed by atoms with Gasteiger partial charge >= 0.3 is 0 Å². The highest BCUT2D eigenvalue weighted by Gasteiger charge is 2.30. The number of fused-ring (bicyclic) bond motifs is 1. The van der Waals surface area contributed by atoms with Crippen LogP contribution in [0.5, 0.6) is 17.2 Å². The molecule has 0 radical (unpaired) electrons. The van der Waals surface area contributed by atoms with Crippen LogP contribution in [0.15, 0.2) is 28.7 Å². The molecule has 3 heterocycles. The molecule has 0 spiro atoms. The Hall–Kier alpha value is -1.54. The first-order valence-corrected chi connectivity index (χ1v) is 9.56. The van der Waals surface area contributed by atoms with Crippen LogP contribution in [0, 0.1) is 0 Å². The van der Waals surface area contributed by atoms with Gasteiger partial charge in [-0.25, -0.2) is 0 Å². The van der Waals surface area contributed by atoms with Crippen molar-refractivity contribution in [1.29, 1.82) is 0 Å². The highest BCUT2D eigenvalue weighted by molar-refractivity contribution is 9.10. The maximum atomic E-state index is 6.10. The normalized spacial score (nSPS) is 25.8. The number of epoxide rings is 3. The fourth-order valence-electron chi connectivity index (χ4n) is 2.76. The van der Waals surface area contributed by atoms with Gasteiger partial charge in [-0.15, -0.1) is 0 Å². The molecule has 138 valence electrons. The fourth-order valence-corrected chi connectivity index (χ4v) is 3.38. The molecular formula is C19H19BrO6. The quantitative estimate of drug-likeness (QED) is 0.578. The molecule has 2 aromatic rings. The van der Waals surface area contributed by atoms with E-state index >= 15 is 0 Å². The first-order chi connectivity index (χ1) is 12.8. The lowest BCUT2D eigenvalue weighted by molar-refractivity contribution is 0.226. The van der Waals surface area contributed by atoms with Crippen molar-refractivity contribution in [2.75, 3.05) is 39.6 Å². The molecule has 3 aliphatic rings. The molecule has 0 amide bonds. The monoisotopic (exact) mass is 422 g/mol. The topological polar surface area (TPSA) is 65.3 Å². The van der Waals surface area contributed by atoms with Gasteiger partial charge in [0.05, 0.1) is 19.8 Å². The Bertz CT molecular complexity index is 813.